The largest absolute Gasteiger partial charge is 0.368 e. The van der Waals surface area contributed by atoms with Crippen molar-refractivity contribution in [2.45, 2.75) is 50.2 Å². The molecule has 0 amide bonds. The first-order valence-electron chi connectivity index (χ1n) is 11.6. The first-order chi connectivity index (χ1) is 16.8. The molecule has 2 aliphatic rings. The molecule has 6 heteroatoms. The summed E-state index contributed by atoms with van der Waals surface area (Å²) in [5.74, 6) is 0. The number of ether oxygens (including phenoxy) is 6. The average molecular weight is 463 g/mol. The van der Waals surface area contributed by atoms with Crippen LogP contribution in [0.3, 0.4) is 0 Å². The molecule has 0 aromatic heterocycles. The van der Waals surface area contributed by atoms with E-state index >= 15 is 0 Å². The van der Waals surface area contributed by atoms with Crippen LogP contribution < -0.4 is 0 Å². The van der Waals surface area contributed by atoms with Crippen LogP contribution in [-0.4, -0.2) is 44.4 Å². The van der Waals surface area contributed by atoms with Gasteiger partial charge in [0, 0.05) is 12.7 Å². The molecule has 178 valence electrons. The van der Waals surface area contributed by atoms with Gasteiger partial charge in [-0.1, -0.05) is 91.0 Å². The Labute approximate surface area is 200 Å². The molecule has 34 heavy (non-hydrogen) atoms. The van der Waals surface area contributed by atoms with Gasteiger partial charge in [0.2, 0.25) is 0 Å². The number of methoxy groups -OCH3 is 1. The summed E-state index contributed by atoms with van der Waals surface area (Å²) in [6, 6.07) is 30.0. The summed E-state index contributed by atoms with van der Waals surface area (Å²) < 4.78 is 37.2. The summed E-state index contributed by atoms with van der Waals surface area (Å²) in [5, 5.41) is 0. The van der Waals surface area contributed by atoms with Gasteiger partial charge in [-0.25, -0.2) is 0 Å². The topological polar surface area (TPSA) is 55.4 Å². The summed E-state index contributed by atoms with van der Waals surface area (Å²) >= 11 is 0. The van der Waals surface area contributed by atoms with Crippen molar-refractivity contribution in [3.63, 3.8) is 0 Å². The normalized spacial score (nSPS) is 28.9. The zero-order valence-electron chi connectivity index (χ0n) is 19.2. The van der Waals surface area contributed by atoms with Crippen LogP contribution >= 0.6 is 0 Å². The van der Waals surface area contributed by atoms with Crippen molar-refractivity contribution in [3.8, 4) is 0 Å². The van der Waals surface area contributed by atoms with Crippen LogP contribution in [0.25, 0.3) is 0 Å². The van der Waals surface area contributed by atoms with Crippen LogP contribution in [0.1, 0.15) is 23.0 Å². The maximum atomic E-state index is 6.49. The van der Waals surface area contributed by atoms with Crippen LogP contribution in [0.2, 0.25) is 0 Å². The van der Waals surface area contributed by atoms with E-state index < -0.39 is 24.8 Å². The molecule has 2 saturated heterocycles. The van der Waals surface area contributed by atoms with Gasteiger partial charge >= 0.3 is 0 Å². The zero-order valence-corrected chi connectivity index (χ0v) is 19.2. The van der Waals surface area contributed by atoms with Crippen molar-refractivity contribution in [1.82, 2.24) is 0 Å². The Balaban J connectivity index is 1.39. The third-order valence-corrected chi connectivity index (χ3v) is 6.16. The molecule has 0 saturated carbocycles. The van der Waals surface area contributed by atoms with Crippen molar-refractivity contribution < 1.29 is 28.4 Å². The smallest absolute Gasteiger partial charge is 0.186 e. The third-order valence-electron chi connectivity index (χ3n) is 6.16. The van der Waals surface area contributed by atoms with Crippen molar-refractivity contribution in [1.29, 1.82) is 0 Å². The molecule has 2 unspecified atom stereocenters. The Morgan fingerprint density at radius 3 is 1.85 bits per heavy atom. The van der Waals surface area contributed by atoms with Crippen LogP contribution in [0.15, 0.2) is 91.0 Å². The molecule has 2 fully saturated rings. The Morgan fingerprint density at radius 1 is 0.706 bits per heavy atom. The van der Waals surface area contributed by atoms with Gasteiger partial charge in [-0.15, -0.1) is 0 Å². The van der Waals surface area contributed by atoms with Crippen LogP contribution in [-0.2, 0) is 41.6 Å². The Morgan fingerprint density at radius 2 is 1.26 bits per heavy atom. The van der Waals surface area contributed by atoms with Gasteiger partial charge in [0.15, 0.2) is 12.6 Å². The lowest BCUT2D eigenvalue weighted by Crippen LogP contribution is -2.63. The molecule has 3 aromatic carbocycles. The molecule has 0 spiro atoms. The van der Waals surface area contributed by atoms with Crippen molar-refractivity contribution in [2.75, 3.05) is 13.7 Å². The van der Waals surface area contributed by atoms with E-state index in [0.29, 0.717) is 19.8 Å². The molecule has 2 heterocycles. The van der Waals surface area contributed by atoms with E-state index in [0.717, 1.165) is 16.7 Å². The second-order valence-electron chi connectivity index (χ2n) is 8.48. The molecule has 2 aliphatic heterocycles. The lowest BCUT2D eigenvalue weighted by molar-refractivity contribution is -0.369. The van der Waals surface area contributed by atoms with E-state index in [4.69, 9.17) is 28.4 Å². The molecule has 0 bridgehead atoms. The second kappa shape index (κ2) is 11.2. The third kappa shape index (κ3) is 5.39. The fraction of sp³-hybridized carbons (Fsp3) is 0.357. The Kier molecular flexibility index (Phi) is 7.65. The first-order valence-corrected chi connectivity index (χ1v) is 11.6. The summed E-state index contributed by atoms with van der Waals surface area (Å²) in [4.78, 5) is 0. The summed E-state index contributed by atoms with van der Waals surface area (Å²) in [6.07, 6.45) is -2.71. The van der Waals surface area contributed by atoms with E-state index in [1.54, 1.807) is 7.11 Å². The second-order valence-corrected chi connectivity index (χ2v) is 8.48. The average Bonchev–Trinajstić information content (AvgIpc) is 2.91. The van der Waals surface area contributed by atoms with Crippen LogP contribution in [0.4, 0.5) is 0 Å². The predicted molar refractivity (Wildman–Crippen MR) is 126 cm³/mol. The lowest BCUT2D eigenvalue weighted by Gasteiger charge is -2.48. The minimum Gasteiger partial charge on any atom is -0.368 e. The van der Waals surface area contributed by atoms with Gasteiger partial charge < -0.3 is 28.4 Å². The molecule has 5 rings (SSSR count). The van der Waals surface area contributed by atoms with Gasteiger partial charge in [-0.3, -0.25) is 0 Å². The van der Waals surface area contributed by atoms with Crippen LogP contribution in [0, 0.1) is 0 Å². The minimum atomic E-state index is -0.605. The monoisotopic (exact) mass is 462 g/mol. The highest BCUT2D eigenvalue weighted by atomic mass is 16.8. The molecular weight excluding hydrogens is 432 g/mol. The number of hydrogen-bond donors (Lipinski definition) is 0. The number of hydrogen-bond acceptors (Lipinski definition) is 6. The van der Waals surface area contributed by atoms with E-state index in [-0.39, 0.29) is 12.2 Å². The van der Waals surface area contributed by atoms with Gasteiger partial charge in [-0.2, -0.15) is 0 Å². The summed E-state index contributed by atoms with van der Waals surface area (Å²) in [5.41, 5.74) is 3.10. The zero-order chi connectivity index (χ0) is 23.2. The molecule has 6 atom stereocenters. The van der Waals surface area contributed by atoms with E-state index in [9.17, 15) is 0 Å². The van der Waals surface area contributed by atoms with Gasteiger partial charge in [0.05, 0.1) is 19.8 Å². The van der Waals surface area contributed by atoms with Crippen LogP contribution in [0.5, 0.6) is 0 Å². The summed E-state index contributed by atoms with van der Waals surface area (Å²) in [6.45, 7) is 1.22. The highest BCUT2D eigenvalue weighted by Gasteiger charge is 2.51. The molecule has 6 nitrogen and oxygen atoms in total. The van der Waals surface area contributed by atoms with Crippen molar-refractivity contribution in [2.24, 2.45) is 0 Å². The highest BCUT2D eigenvalue weighted by molar-refractivity contribution is 5.17. The number of fused-ring (bicyclic) bond motifs is 1. The predicted octanol–water partition coefficient (Wildman–Crippen LogP) is 4.64. The quantitative estimate of drug-likeness (QED) is 0.486. The first kappa shape index (κ1) is 23.2. The number of benzene rings is 3. The standard InChI is InChI=1S/C28H30O6/c1-29-28-26(31-18-21-13-7-3-8-14-21)25(30-17-20-11-5-2-6-12-20)24-23(33-28)19-32-27(34-24)22-15-9-4-10-16-22/h2-16,23-28H,17-19H2,1H3/t23?,24-,25+,26-,27?,28+/m1/s1. The minimum absolute atomic E-state index is 0.331. The fourth-order valence-corrected chi connectivity index (χ4v) is 4.42. The summed E-state index contributed by atoms with van der Waals surface area (Å²) in [7, 11) is 1.62. The van der Waals surface area contributed by atoms with E-state index in [2.05, 4.69) is 0 Å². The molecule has 3 aromatic rings. The molecule has 0 N–H and O–H groups in total. The maximum Gasteiger partial charge on any atom is 0.186 e. The highest BCUT2D eigenvalue weighted by Crippen LogP contribution is 2.37. The molecule has 0 radical (unpaired) electrons. The maximum absolute atomic E-state index is 6.49. The Bertz CT molecular complexity index is 993. The fourth-order valence-electron chi connectivity index (χ4n) is 4.42. The lowest BCUT2D eigenvalue weighted by atomic mass is 9.97. The Hall–Kier alpha value is -2.58. The van der Waals surface area contributed by atoms with Gasteiger partial charge in [0.1, 0.15) is 24.4 Å². The van der Waals surface area contributed by atoms with Crippen molar-refractivity contribution >= 4 is 0 Å². The van der Waals surface area contributed by atoms with Gasteiger partial charge in [0.25, 0.3) is 0 Å². The van der Waals surface area contributed by atoms with Crippen molar-refractivity contribution in [3.05, 3.63) is 108 Å². The van der Waals surface area contributed by atoms with E-state index in [1.807, 2.05) is 91.0 Å². The van der Waals surface area contributed by atoms with E-state index in [1.165, 1.54) is 0 Å². The SMILES string of the molecule is CO[C@H]1OC2COC(c3ccccc3)O[C@H]2[C@H](OCc2ccccc2)[C@H]1OCc1ccccc1. The number of rotatable bonds is 8. The molecule has 0 aliphatic carbocycles. The molecular formula is C28H30O6. The van der Waals surface area contributed by atoms with Gasteiger partial charge in [-0.05, 0) is 11.1 Å².